The van der Waals surface area contributed by atoms with Crippen molar-refractivity contribution in [2.24, 2.45) is 5.73 Å². The minimum atomic E-state index is -0.313. The first kappa shape index (κ1) is 16.5. The summed E-state index contributed by atoms with van der Waals surface area (Å²) in [6.45, 7) is 5.33. The highest BCUT2D eigenvalue weighted by Gasteiger charge is 2.12. The predicted octanol–water partition coefficient (Wildman–Crippen LogP) is 4.34. The van der Waals surface area contributed by atoms with E-state index in [9.17, 15) is 4.39 Å². The van der Waals surface area contributed by atoms with Crippen LogP contribution in [0.3, 0.4) is 0 Å². The third-order valence-corrected chi connectivity index (χ3v) is 3.95. The zero-order valence-corrected chi connectivity index (χ0v) is 13.3. The highest BCUT2D eigenvalue weighted by molar-refractivity contribution is 5.33. The van der Waals surface area contributed by atoms with E-state index >= 15 is 0 Å². The van der Waals surface area contributed by atoms with Crippen LogP contribution >= 0.6 is 0 Å². The van der Waals surface area contributed by atoms with Crippen molar-refractivity contribution in [1.29, 1.82) is 0 Å². The summed E-state index contributed by atoms with van der Waals surface area (Å²) in [5.74, 6) is 0.329. The van der Waals surface area contributed by atoms with Gasteiger partial charge in [-0.25, -0.2) is 4.39 Å². The van der Waals surface area contributed by atoms with Gasteiger partial charge in [0, 0.05) is 0 Å². The molecule has 3 heteroatoms. The van der Waals surface area contributed by atoms with Crippen molar-refractivity contribution in [2.45, 2.75) is 32.6 Å². The van der Waals surface area contributed by atoms with Crippen LogP contribution in [0.1, 0.15) is 35.4 Å². The van der Waals surface area contributed by atoms with Gasteiger partial charge in [-0.05, 0) is 62.4 Å². The van der Waals surface area contributed by atoms with Crippen LogP contribution in [0.25, 0.3) is 0 Å². The van der Waals surface area contributed by atoms with Gasteiger partial charge < -0.3 is 10.5 Å². The number of halogens is 1. The molecule has 0 bridgehead atoms. The van der Waals surface area contributed by atoms with Crippen LogP contribution < -0.4 is 10.5 Å². The summed E-state index contributed by atoms with van der Waals surface area (Å²) in [5, 5.41) is 0. The first-order valence-corrected chi connectivity index (χ1v) is 7.76. The highest BCUT2D eigenvalue weighted by atomic mass is 19.1. The summed E-state index contributed by atoms with van der Waals surface area (Å²) in [5.41, 5.74) is 9.78. The summed E-state index contributed by atoms with van der Waals surface area (Å²) in [7, 11) is 0. The van der Waals surface area contributed by atoms with Gasteiger partial charge in [0.2, 0.25) is 0 Å². The number of hydrogen-bond acceptors (Lipinski definition) is 2. The van der Waals surface area contributed by atoms with Crippen LogP contribution in [-0.4, -0.2) is 13.2 Å². The molecule has 0 heterocycles. The molecule has 2 rings (SSSR count). The van der Waals surface area contributed by atoms with Crippen LogP contribution in [0.4, 0.5) is 4.39 Å². The van der Waals surface area contributed by atoms with Gasteiger partial charge in [-0.1, -0.05) is 35.9 Å². The zero-order valence-electron chi connectivity index (χ0n) is 13.3. The predicted molar refractivity (Wildman–Crippen MR) is 88.8 cm³/mol. The summed E-state index contributed by atoms with van der Waals surface area (Å²) in [4.78, 5) is 0. The Morgan fingerprint density at radius 2 is 1.91 bits per heavy atom. The van der Waals surface area contributed by atoms with Crippen molar-refractivity contribution in [2.75, 3.05) is 13.2 Å². The van der Waals surface area contributed by atoms with Crippen molar-refractivity contribution in [3.8, 4) is 5.75 Å². The lowest BCUT2D eigenvalue weighted by Gasteiger charge is -2.18. The Hall–Kier alpha value is -1.87. The molecule has 0 saturated heterocycles. The fraction of sp³-hybridized carbons (Fsp3) is 0.368. The molecular weight excluding hydrogens is 277 g/mol. The van der Waals surface area contributed by atoms with E-state index in [1.807, 2.05) is 0 Å². The lowest BCUT2D eigenvalue weighted by molar-refractivity contribution is 0.287. The van der Waals surface area contributed by atoms with E-state index in [2.05, 4.69) is 32.0 Å². The Balaban J connectivity index is 1.89. The summed E-state index contributed by atoms with van der Waals surface area (Å²) in [6, 6.07) is 13.0. The molecule has 1 unspecified atom stereocenters. The van der Waals surface area contributed by atoms with E-state index in [0.717, 1.165) is 12.8 Å². The van der Waals surface area contributed by atoms with Gasteiger partial charge in [0.05, 0.1) is 6.61 Å². The Morgan fingerprint density at radius 1 is 1.14 bits per heavy atom. The average molecular weight is 301 g/mol. The van der Waals surface area contributed by atoms with Crippen molar-refractivity contribution in [1.82, 2.24) is 0 Å². The van der Waals surface area contributed by atoms with Crippen molar-refractivity contribution in [3.05, 3.63) is 65.0 Å². The molecule has 0 aliphatic heterocycles. The molecule has 0 fully saturated rings. The number of ether oxygens (including phenoxy) is 1. The minimum Gasteiger partial charge on any atom is -0.491 e. The van der Waals surface area contributed by atoms with Crippen molar-refractivity contribution >= 4 is 0 Å². The molecule has 2 nitrogen and oxygen atoms in total. The maximum absolute atomic E-state index is 13.5. The van der Waals surface area contributed by atoms with E-state index in [-0.39, 0.29) is 5.82 Å². The first-order valence-electron chi connectivity index (χ1n) is 7.76. The van der Waals surface area contributed by atoms with Crippen molar-refractivity contribution in [3.63, 3.8) is 0 Å². The topological polar surface area (TPSA) is 35.2 Å². The van der Waals surface area contributed by atoms with Gasteiger partial charge in [-0.3, -0.25) is 0 Å². The number of nitrogens with two attached hydrogens (primary N) is 1. The second kappa shape index (κ2) is 7.95. The average Bonchev–Trinajstić information content (AvgIpc) is 2.52. The third-order valence-electron chi connectivity index (χ3n) is 3.95. The number of para-hydroxylation sites is 1. The molecular formula is C19H24FNO. The smallest absolute Gasteiger partial charge is 0.165 e. The molecule has 2 aromatic carbocycles. The normalized spacial score (nSPS) is 12.2. The van der Waals surface area contributed by atoms with Gasteiger partial charge in [-0.15, -0.1) is 0 Å². The lowest BCUT2D eigenvalue weighted by atomic mass is 9.90. The second-order valence-electron chi connectivity index (χ2n) is 5.71. The standard InChI is InChI=1S/C19H24FNO/c1-14-9-10-15(2)17(12-14)16(13-21)6-5-11-22-19-8-4-3-7-18(19)20/h3-4,7-10,12,16H,5-6,11,13,21H2,1-2H3. The van der Waals surface area contributed by atoms with Crippen LogP contribution in [0.15, 0.2) is 42.5 Å². The summed E-state index contributed by atoms with van der Waals surface area (Å²) < 4.78 is 19.0. The molecule has 1 atom stereocenters. The van der Waals surface area contributed by atoms with E-state index in [1.54, 1.807) is 18.2 Å². The molecule has 118 valence electrons. The zero-order chi connectivity index (χ0) is 15.9. The van der Waals surface area contributed by atoms with Crippen LogP contribution in [0.5, 0.6) is 5.75 Å². The third kappa shape index (κ3) is 4.31. The van der Waals surface area contributed by atoms with Crippen LogP contribution in [-0.2, 0) is 0 Å². The van der Waals surface area contributed by atoms with Crippen LogP contribution in [0, 0.1) is 19.7 Å². The van der Waals surface area contributed by atoms with Gasteiger partial charge in [0.1, 0.15) is 0 Å². The van der Waals surface area contributed by atoms with E-state index in [1.165, 1.54) is 22.8 Å². The number of benzene rings is 2. The second-order valence-corrected chi connectivity index (χ2v) is 5.71. The molecule has 0 aliphatic rings. The Bertz CT molecular complexity index is 612. The molecule has 0 radical (unpaired) electrons. The number of rotatable bonds is 7. The maximum Gasteiger partial charge on any atom is 0.165 e. The van der Waals surface area contributed by atoms with E-state index in [0.29, 0.717) is 24.8 Å². The molecule has 0 aromatic heterocycles. The van der Waals surface area contributed by atoms with Gasteiger partial charge in [0.25, 0.3) is 0 Å². The van der Waals surface area contributed by atoms with E-state index in [4.69, 9.17) is 10.5 Å². The fourth-order valence-electron chi connectivity index (χ4n) is 2.67. The molecule has 22 heavy (non-hydrogen) atoms. The summed E-state index contributed by atoms with van der Waals surface area (Å²) >= 11 is 0. The maximum atomic E-state index is 13.5. The molecule has 0 amide bonds. The Labute approximate surface area is 132 Å². The first-order chi connectivity index (χ1) is 10.6. The van der Waals surface area contributed by atoms with Crippen molar-refractivity contribution < 1.29 is 9.13 Å². The highest BCUT2D eigenvalue weighted by Crippen LogP contribution is 2.25. The molecule has 0 spiro atoms. The van der Waals surface area contributed by atoms with E-state index < -0.39 is 0 Å². The van der Waals surface area contributed by atoms with Gasteiger partial charge in [-0.2, -0.15) is 0 Å². The van der Waals surface area contributed by atoms with Crippen LogP contribution in [0.2, 0.25) is 0 Å². The molecule has 0 saturated carbocycles. The fourth-order valence-corrected chi connectivity index (χ4v) is 2.67. The Morgan fingerprint density at radius 3 is 2.64 bits per heavy atom. The largest absolute Gasteiger partial charge is 0.491 e. The molecule has 2 aromatic rings. The molecule has 0 aliphatic carbocycles. The van der Waals surface area contributed by atoms with Gasteiger partial charge in [0.15, 0.2) is 11.6 Å². The monoisotopic (exact) mass is 301 g/mol. The number of aryl methyl sites for hydroxylation is 2. The SMILES string of the molecule is Cc1ccc(C)c(C(CN)CCCOc2ccccc2F)c1. The Kier molecular flexibility index (Phi) is 5.96. The number of hydrogen-bond donors (Lipinski definition) is 1. The lowest BCUT2D eigenvalue weighted by Crippen LogP contribution is -2.15. The van der Waals surface area contributed by atoms with Gasteiger partial charge >= 0.3 is 0 Å². The minimum absolute atomic E-state index is 0.313. The quantitative estimate of drug-likeness (QED) is 0.772. The molecule has 2 N–H and O–H groups in total. The summed E-state index contributed by atoms with van der Waals surface area (Å²) in [6.07, 6.45) is 1.79.